The van der Waals surface area contributed by atoms with Crippen LogP contribution in [0.2, 0.25) is 0 Å². The number of aromatic nitrogens is 2. The maximum Gasteiger partial charge on any atom is 0.243 e. The van der Waals surface area contributed by atoms with Crippen molar-refractivity contribution >= 4 is 32.8 Å². The number of benzene rings is 2. The van der Waals surface area contributed by atoms with Crippen LogP contribution in [0.15, 0.2) is 41.3 Å². The zero-order chi connectivity index (χ0) is 17.4. The Kier molecular flexibility index (Phi) is 4.18. The van der Waals surface area contributed by atoms with E-state index in [1.54, 1.807) is 18.2 Å². The van der Waals surface area contributed by atoms with Crippen molar-refractivity contribution in [2.24, 2.45) is 0 Å². The van der Waals surface area contributed by atoms with Crippen LogP contribution in [-0.4, -0.2) is 29.8 Å². The molecular weight excluding hydrogens is 358 g/mol. The lowest BCUT2D eigenvalue weighted by Gasteiger charge is -2.15. The third-order valence-electron chi connectivity index (χ3n) is 4.19. The van der Waals surface area contributed by atoms with Gasteiger partial charge in [-0.1, -0.05) is 18.2 Å². The second-order valence-electron chi connectivity index (χ2n) is 6.16. The topological polar surface area (TPSA) is 81.2 Å². The molecule has 130 valence electrons. The van der Waals surface area contributed by atoms with Gasteiger partial charge in [0.15, 0.2) is 0 Å². The van der Waals surface area contributed by atoms with Crippen molar-refractivity contribution in [2.75, 3.05) is 6.61 Å². The number of hydrogen-bond acceptors (Lipinski definition) is 6. The summed E-state index contributed by atoms with van der Waals surface area (Å²) in [5.41, 5.74) is 3.29. The van der Waals surface area contributed by atoms with Gasteiger partial charge in [-0.2, -0.15) is 8.75 Å². The van der Waals surface area contributed by atoms with Gasteiger partial charge in [-0.05, 0) is 42.7 Å². The van der Waals surface area contributed by atoms with Crippen molar-refractivity contribution in [1.29, 1.82) is 0 Å². The lowest BCUT2D eigenvalue weighted by Crippen LogP contribution is -2.34. The monoisotopic (exact) mass is 375 g/mol. The summed E-state index contributed by atoms with van der Waals surface area (Å²) >= 11 is 1.01. The van der Waals surface area contributed by atoms with Gasteiger partial charge in [0.05, 0.1) is 18.3 Å². The first-order valence-corrected chi connectivity index (χ1v) is 10.2. The average molecular weight is 375 g/mol. The Hall–Kier alpha value is -2.03. The van der Waals surface area contributed by atoms with Gasteiger partial charge in [0.1, 0.15) is 21.7 Å². The van der Waals surface area contributed by atoms with E-state index in [0.717, 1.165) is 29.5 Å². The van der Waals surface area contributed by atoms with Crippen molar-refractivity contribution in [3.05, 3.63) is 47.5 Å². The first-order valence-electron chi connectivity index (χ1n) is 8.01. The first-order chi connectivity index (χ1) is 12.0. The molecule has 1 aromatic heterocycles. The van der Waals surface area contributed by atoms with Crippen LogP contribution in [-0.2, 0) is 22.9 Å². The van der Waals surface area contributed by atoms with Gasteiger partial charge in [0.25, 0.3) is 0 Å². The van der Waals surface area contributed by atoms with Crippen LogP contribution in [0.4, 0.5) is 0 Å². The minimum Gasteiger partial charge on any atom is -0.493 e. The third kappa shape index (κ3) is 3.24. The molecule has 8 heteroatoms. The molecule has 0 radical (unpaired) electrons. The zero-order valence-electron chi connectivity index (χ0n) is 13.6. The van der Waals surface area contributed by atoms with Crippen molar-refractivity contribution in [1.82, 2.24) is 13.5 Å². The van der Waals surface area contributed by atoms with E-state index in [1.807, 2.05) is 19.1 Å². The van der Waals surface area contributed by atoms with Gasteiger partial charge < -0.3 is 4.74 Å². The van der Waals surface area contributed by atoms with Crippen LogP contribution in [0.25, 0.3) is 11.0 Å². The summed E-state index contributed by atoms with van der Waals surface area (Å²) in [6.07, 6.45) is 1.51. The number of fused-ring (bicyclic) bond motifs is 2. The van der Waals surface area contributed by atoms with E-state index in [0.29, 0.717) is 24.1 Å². The van der Waals surface area contributed by atoms with Gasteiger partial charge in [0, 0.05) is 12.5 Å². The lowest BCUT2D eigenvalue weighted by atomic mass is 10.0. The van der Waals surface area contributed by atoms with E-state index in [4.69, 9.17) is 4.74 Å². The quantitative estimate of drug-likeness (QED) is 0.741. The molecule has 1 aliphatic rings. The molecule has 2 heterocycles. The van der Waals surface area contributed by atoms with E-state index in [1.165, 1.54) is 5.56 Å². The van der Waals surface area contributed by atoms with E-state index in [-0.39, 0.29) is 10.9 Å². The highest BCUT2D eigenvalue weighted by Gasteiger charge is 2.22. The van der Waals surface area contributed by atoms with Crippen LogP contribution < -0.4 is 9.46 Å². The van der Waals surface area contributed by atoms with Crippen LogP contribution in [0.5, 0.6) is 5.75 Å². The standard InChI is InChI=1S/C17H17N3O3S2/c1-11(9-12-5-6-15-13(10-12)7-8-23-15)20-25(21,22)16-4-2-3-14-17(16)19-24-18-14/h2-6,10-11,20H,7-9H2,1H3. The Labute approximate surface area is 150 Å². The molecule has 0 amide bonds. The molecular formula is C17H17N3O3S2. The molecule has 0 bridgehead atoms. The molecule has 0 saturated carbocycles. The highest BCUT2D eigenvalue weighted by molar-refractivity contribution is 7.89. The molecule has 0 fully saturated rings. The van der Waals surface area contributed by atoms with E-state index in [9.17, 15) is 8.42 Å². The molecule has 0 aliphatic carbocycles. The normalized spacial score (nSPS) is 15.1. The molecule has 4 rings (SSSR count). The molecule has 2 aromatic carbocycles. The summed E-state index contributed by atoms with van der Waals surface area (Å²) in [5, 5.41) is 0. The molecule has 25 heavy (non-hydrogen) atoms. The molecule has 6 nitrogen and oxygen atoms in total. The molecule has 0 saturated heterocycles. The van der Waals surface area contributed by atoms with Crippen molar-refractivity contribution in [2.45, 2.75) is 30.7 Å². The largest absolute Gasteiger partial charge is 0.493 e. The SMILES string of the molecule is CC(Cc1ccc2c(c1)CCO2)NS(=O)(=O)c1cccc2nsnc12. The number of sulfonamides is 1. The van der Waals surface area contributed by atoms with E-state index < -0.39 is 10.0 Å². The maximum atomic E-state index is 12.7. The summed E-state index contributed by atoms with van der Waals surface area (Å²) < 4.78 is 41.9. The summed E-state index contributed by atoms with van der Waals surface area (Å²) in [6.45, 7) is 2.58. The molecule has 1 N–H and O–H groups in total. The summed E-state index contributed by atoms with van der Waals surface area (Å²) in [4.78, 5) is 0.174. The zero-order valence-corrected chi connectivity index (χ0v) is 15.2. The van der Waals surface area contributed by atoms with Gasteiger partial charge in [-0.3, -0.25) is 0 Å². The highest BCUT2D eigenvalue weighted by atomic mass is 32.2. The van der Waals surface area contributed by atoms with Crippen LogP contribution in [0, 0.1) is 0 Å². The Morgan fingerprint density at radius 1 is 1.28 bits per heavy atom. The predicted molar refractivity (Wildman–Crippen MR) is 96.5 cm³/mol. The van der Waals surface area contributed by atoms with Crippen LogP contribution >= 0.6 is 11.7 Å². The van der Waals surface area contributed by atoms with Gasteiger partial charge in [-0.25, -0.2) is 13.1 Å². The molecule has 1 unspecified atom stereocenters. The van der Waals surface area contributed by atoms with Crippen molar-refractivity contribution in [3.8, 4) is 5.75 Å². The Bertz CT molecular complexity index is 1030. The fraction of sp³-hybridized carbons (Fsp3) is 0.294. The Morgan fingerprint density at radius 2 is 2.16 bits per heavy atom. The molecule has 3 aromatic rings. The summed E-state index contributed by atoms with van der Waals surface area (Å²) in [7, 11) is -3.66. The summed E-state index contributed by atoms with van der Waals surface area (Å²) in [6, 6.07) is 10.8. The second kappa shape index (κ2) is 6.36. The van der Waals surface area contributed by atoms with E-state index in [2.05, 4.69) is 19.5 Å². The highest BCUT2D eigenvalue weighted by Crippen LogP contribution is 2.26. The second-order valence-corrected chi connectivity index (χ2v) is 8.37. The van der Waals surface area contributed by atoms with E-state index >= 15 is 0 Å². The third-order valence-corrected chi connectivity index (χ3v) is 6.35. The smallest absolute Gasteiger partial charge is 0.243 e. The van der Waals surface area contributed by atoms with Gasteiger partial charge in [-0.15, -0.1) is 0 Å². The average Bonchev–Trinajstić information content (AvgIpc) is 3.22. The molecule has 0 spiro atoms. The fourth-order valence-electron chi connectivity index (χ4n) is 3.09. The van der Waals surface area contributed by atoms with Crippen molar-refractivity contribution < 1.29 is 13.2 Å². The van der Waals surface area contributed by atoms with Crippen molar-refractivity contribution in [3.63, 3.8) is 0 Å². The Balaban J connectivity index is 1.53. The lowest BCUT2D eigenvalue weighted by molar-refractivity contribution is 0.357. The molecule has 1 aliphatic heterocycles. The maximum absolute atomic E-state index is 12.7. The first kappa shape index (κ1) is 16.4. The number of nitrogens with one attached hydrogen (secondary N) is 1. The number of nitrogens with zero attached hydrogens (tertiary/aromatic N) is 2. The number of hydrogen-bond donors (Lipinski definition) is 1. The van der Waals surface area contributed by atoms with Gasteiger partial charge in [0.2, 0.25) is 10.0 Å². The molecule has 1 atom stereocenters. The summed E-state index contributed by atoms with van der Waals surface area (Å²) in [5.74, 6) is 0.930. The number of rotatable bonds is 5. The minimum atomic E-state index is -3.66. The Morgan fingerprint density at radius 3 is 3.04 bits per heavy atom. The minimum absolute atomic E-state index is 0.174. The van der Waals surface area contributed by atoms with Crippen LogP contribution in [0.1, 0.15) is 18.1 Å². The fourth-order valence-corrected chi connectivity index (χ4v) is 5.10. The number of ether oxygens (including phenoxy) is 1. The van der Waals surface area contributed by atoms with Crippen LogP contribution in [0.3, 0.4) is 0 Å². The van der Waals surface area contributed by atoms with Gasteiger partial charge >= 0.3 is 0 Å². The predicted octanol–water partition coefficient (Wildman–Crippen LogP) is 2.54.